The minimum Gasteiger partial charge on any atom is -0.313 e. The Hall–Kier alpha value is -0.820. The van der Waals surface area contributed by atoms with Crippen molar-refractivity contribution in [3.05, 3.63) is 34.9 Å². The molecule has 1 heteroatoms. The average Bonchev–Trinajstić information content (AvgIpc) is 2.64. The fourth-order valence-corrected chi connectivity index (χ4v) is 3.37. The number of rotatable bonds is 1. The van der Waals surface area contributed by atoms with Gasteiger partial charge in [0.1, 0.15) is 0 Å². The van der Waals surface area contributed by atoms with Crippen molar-refractivity contribution < 1.29 is 0 Å². The molecule has 92 valence electrons. The van der Waals surface area contributed by atoms with Crippen LogP contribution in [0, 0.1) is 0 Å². The summed E-state index contributed by atoms with van der Waals surface area (Å²) in [6.45, 7) is 2.25. The molecule has 0 aromatic heterocycles. The second-order valence-corrected chi connectivity index (χ2v) is 5.64. The van der Waals surface area contributed by atoms with Gasteiger partial charge in [-0.1, -0.05) is 37.5 Å². The van der Waals surface area contributed by atoms with E-state index in [1.165, 1.54) is 51.5 Å². The van der Waals surface area contributed by atoms with Crippen LogP contribution in [0.3, 0.4) is 0 Å². The van der Waals surface area contributed by atoms with E-state index in [2.05, 4.69) is 23.5 Å². The maximum Gasteiger partial charge on any atom is 0.0208 e. The average molecular weight is 229 g/mol. The lowest BCUT2D eigenvalue weighted by Crippen LogP contribution is -2.12. The third-order valence-corrected chi connectivity index (χ3v) is 4.42. The topological polar surface area (TPSA) is 12.0 Å². The van der Waals surface area contributed by atoms with E-state index in [4.69, 9.17) is 0 Å². The third-order valence-electron chi connectivity index (χ3n) is 4.42. The molecule has 1 nitrogen and oxygen atoms in total. The van der Waals surface area contributed by atoms with Crippen molar-refractivity contribution in [1.29, 1.82) is 0 Å². The van der Waals surface area contributed by atoms with Crippen molar-refractivity contribution in [1.82, 2.24) is 5.32 Å². The second kappa shape index (κ2) is 5.22. The van der Waals surface area contributed by atoms with Crippen LogP contribution < -0.4 is 5.32 Å². The van der Waals surface area contributed by atoms with Gasteiger partial charge in [-0.15, -0.1) is 0 Å². The molecular formula is C16H23N. The molecule has 1 aliphatic heterocycles. The summed E-state index contributed by atoms with van der Waals surface area (Å²) in [5.74, 6) is 0.845. The van der Waals surface area contributed by atoms with E-state index in [-0.39, 0.29) is 0 Å². The molecule has 0 spiro atoms. The van der Waals surface area contributed by atoms with Gasteiger partial charge in [0.05, 0.1) is 0 Å². The van der Waals surface area contributed by atoms with Crippen LogP contribution in [0.5, 0.6) is 0 Å². The zero-order valence-electron chi connectivity index (χ0n) is 10.7. The number of nitrogens with one attached hydrogen (secondary N) is 1. The van der Waals surface area contributed by atoms with Gasteiger partial charge in [0.15, 0.2) is 0 Å². The molecular weight excluding hydrogens is 206 g/mol. The molecule has 1 saturated carbocycles. The van der Waals surface area contributed by atoms with E-state index in [0.29, 0.717) is 0 Å². The van der Waals surface area contributed by atoms with Crippen LogP contribution in [0.25, 0.3) is 0 Å². The molecule has 0 unspecified atom stereocenters. The summed E-state index contributed by atoms with van der Waals surface area (Å²) in [6.07, 6.45) is 9.67. The summed E-state index contributed by atoms with van der Waals surface area (Å²) < 4.78 is 0. The molecule has 1 fully saturated rings. The fourth-order valence-electron chi connectivity index (χ4n) is 3.37. The lowest BCUT2D eigenvalue weighted by molar-refractivity contribution is 0.443. The predicted octanol–water partition coefficient (Wildman–Crippen LogP) is 3.77. The number of benzene rings is 1. The van der Waals surface area contributed by atoms with E-state index >= 15 is 0 Å². The van der Waals surface area contributed by atoms with E-state index < -0.39 is 0 Å². The fraction of sp³-hybridized carbons (Fsp3) is 0.625. The summed E-state index contributed by atoms with van der Waals surface area (Å²) in [6, 6.07) is 7.29. The Morgan fingerprint density at radius 1 is 0.941 bits per heavy atom. The summed E-state index contributed by atoms with van der Waals surface area (Å²) in [4.78, 5) is 0. The molecule has 1 heterocycles. The Balaban J connectivity index is 1.83. The Morgan fingerprint density at radius 3 is 2.71 bits per heavy atom. The largest absolute Gasteiger partial charge is 0.313 e. The van der Waals surface area contributed by atoms with Crippen molar-refractivity contribution in [2.75, 3.05) is 6.54 Å². The lowest BCUT2D eigenvalue weighted by Gasteiger charge is -2.23. The zero-order valence-corrected chi connectivity index (χ0v) is 10.7. The van der Waals surface area contributed by atoms with Crippen LogP contribution in [-0.4, -0.2) is 6.54 Å². The van der Waals surface area contributed by atoms with Gasteiger partial charge in [0.25, 0.3) is 0 Å². The van der Waals surface area contributed by atoms with E-state index in [9.17, 15) is 0 Å². The maximum atomic E-state index is 3.53. The first kappa shape index (κ1) is 11.3. The minimum absolute atomic E-state index is 0.845. The highest BCUT2D eigenvalue weighted by Gasteiger charge is 2.17. The van der Waals surface area contributed by atoms with Gasteiger partial charge in [-0.2, -0.15) is 0 Å². The van der Waals surface area contributed by atoms with Crippen molar-refractivity contribution in [2.24, 2.45) is 0 Å². The van der Waals surface area contributed by atoms with Crippen molar-refractivity contribution in [3.63, 3.8) is 0 Å². The highest BCUT2D eigenvalue weighted by atomic mass is 14.8. The summed E-state index contributed by atoms with van der Waals surface area (Å²) in [5, 5.41) is 3.53. The summed E-state index contributed by atoms with van der Waals surface area (Å²) in [7, 11) is 0. The van der Waals surface area contributed by atoms with Crippen LogP contribution in [0.2, 0.25) is 0 Å². The Kier molecular flexibility index (Phi) is 3.46. The number of hydrogen-bond acceptors (Lipinski definition) is 1. The smallest absolute Gasteiger partial charge is 0.0208 e. The van der Waals surface area contributed by atoms with Gasteiger partial charge in [-0.05, 0) is 54.8 Å². The van der Waals surface area contributed by atoms with E-state index in [0.717, 1.165) is 12.5 Å². The van der Waals surface area contributed by atoms with Crippen LogP contribution in [0.15, 0.2) is 18.2 Å². The lowest BCUT2D eigenvalue weighted by atomic mass is 9.83. The number of aryl methyl sites for hydroxylation is 1. The molecule has 1 aromatic rings. The normalized spacial score (nSPS) is 21.9. The minimum atomic E-state index is 0.845. The van der Waals surface area contributed by atoms with Crippen molar-refractivity contribution in [3.8, 4) is 0 Å². The van der Waals surface area contributed by atoms with Crippen LogP contribution >= 0.6 is 0 Å². The van der Waals surface area contributed by atoms with E-state index in [1.807, 2.05) is 0 Å². The van der Waals surface area contributed by atoms with Crippen LogP contribution in [0.4, 0.5) is 0 Å². The standard InChI is InChI=1S/C16H23N/c1-2-5-13(6-3-1)15-9-8-14-7-4-10-17-12-16(14)11-15/h8-9,11,13,17H,1-7,10,12H2. The van der Waals surface area contributed by atoms with Crippen LogP contribution in [0.1, 0.15) is 61.1 Å². The first-order chi connectivity index (χ1) is 8.43. The predicted molar refractivity (Wildman–Crippen MR) is 72.3 cm³/mol. The monoisotopic (exact) mass is 229 g/mol. The summed E-state index contributed by atoms with van der Waals surface area (Å²) in [5.41, 5.74) is 4.74. The zero-order chi connectivity index (χ0) is 11.5. The molecule has 1 aromatic carbocycles. The molecule has 0 radical (unpaired) electrons. The Bertz CT molecular complexity index is 377. The first-order valence-corrected chi connectivity index (χ1v) is 7.26. The molecule has 0 bridgehead atoms. The van der Waals surface area contributed by atoms with Crippen LogP contribution in [-0.2, 0) is 13.0 Å². The highest BCUT2D eigenvalue weighted by Crippen LogP contribution is 2.33. The van der Waals surface area contributed by atoms with Crippen molar-refractivity contribution >= 4 is 0 Å². The molecule has 1 aliphatic carbocycles. The molecule has 0 saturated heterocycles. The molecule has 17 heavy (non-hydrogen) atoms. The molecule has 0 atom stereocenters. The van der Waals surface area contributed by atoms with Gasteiger partial charge < -0.3 is 5.32 Å². The van der Waals surface area contributed by atoms with Crippen molar-refractivity contribution in [2.45, 2.75) is 57.4 Å². The maximum absolute atomic E-state index is 3.53. The molecule has 3 rings (SSSR count). The van der Waals surface area contributed by atoms with Gasteiger partial charge in [0, 0.05) is 6.54 Å². The molecule has 2 aliphatic rings. The quantitative estimate of drug-likeness (QED) is 0.773. The molecule has 0 amide bonds. The van der Waals surface area contributed by atoms with Gasteiger partial charge in [0.2, 0.25) is 0 Å². The van der Waals surface area contributed by atoms with Gasteiger partial charge in [-0.3, -0.25) is 0 Å². The summed E-state index contributed by atoms with van der Waals surface area (Å²) >= 11 is 0. The number of hydrogen-bond donors (Lipinski definition) is 1. The Labute approximate surface area is 105 Å². The number of fused-ring (bicyclic) bond motifs is 1. The highest BCUT2D eigenvalue weighted by molar-refractivity contribution is 5.34. The second-order valence-electron chi connectivity index (χ2n) is 5.64. The Morgan fingerprint density at radius 2 is 1.82 bits per heavy atom. The van der Waals surface area contributed by atoms with E-state index in [1.54, 1.807) is 16.7 Å². The van der Waals surface area contributed by atoms with Gasteiger partial charge >= 0.3 is 0 Å². The first-order valence-electron chi connectivity index (χ1n) is 7.26. The molecule has 1 N–H and O–H groups in total. The third kappa shape index (κ3) is 2.55. The van der Waals surface area contributed by atoms with Gasteiger partial charge in [-0.25, -0.2) is 0 Å². The SMILES string of the molecule is c1cc2c(cc1C1CCCCC1)CNCCC2.